The van der Waals surface area contributed by atoms with E-state index in [1.807, 2.05) is 6.92 Å². The van der Waals surface area contributed by atoms with Crippen molar-refractivity contribution < 1.29 is 4.74 Å². The molecule has 2 N–H and O–H groups in total. The molecule has 3 heteroatoms. The second-order valence-electron chi connectivity index (χ2n) is 3.71. The molecule has 0 fully saturated rings. The van der Waals surface area contributed by atoms with Gasteiger partial charge in [0, 0.05) is 6.61 Å². The van der Waals surface area contributed by atoms with Crippen LogP contribution in [0.2, 0.25) is 0 Å². The molecule has 0 saturated heterocycles. The first kappa shape index (κ1) is 12.8. The van der Waals surface area contributed by atoms with Crippen LogP contribution in [-0.4, -0.2) is 17.7 Å². The van der Waals surface area contributed by atoms with Gasteiger partial charge in [0.05, 0.1) is 0 Å². The van der Waals surface area contributed by atoms with Crippen molar-refractivity contribution in [3.63, 3.8) is 0 Å². The summed E-state index contributed by atoms with van der Waals surface area (Å²) >= 11 is 4.87. The molecule has 0 aliphatic heterocycles. The summed E-state index contributed by atoms with van der Waals surface area (Å²) in [6.45, 7) is 7.23. The van der Waals surface area contributed by atoms with Gasteiger partial charge in [-0.25, -0.2) is 0 Å². The molecule has 2 nitrogen and oxygen atoms in total. The van der Waals surface area contributed by atoms with E-state index < -0.39 is 0 Å². The molecular weight excluding hydrogens is 182 g/mol. The highest BCUT2D eigenvalue weighted by Crippen LogP contribution is 2.05. The van der Waals surface area contributed by atoms with Crippen molar-refractivity contribution in [2.75, 3.05) is 6.61 Å². The van der Waals surface area contributed by atoms with Crippen molar-refractivity contribution >= 4 is 17.2 Å². The molecule has 0 aromatic heterocycles. The van der Waals surface area contributed by atoms with Gasteiger partial charge in [0.1, 0.15) is 11.1 Å². The van der Waals surface area contributed by atoms with Gasteiger partial charge in [-0.05, 0) is 25.2 Å². The third-order valence-corrected chi connectivity index (χ3v) is 2.20. The molecule has 1 atom stereocenters. The molecule has 0 radical (unpaired) electrons. The molecular formula is C10H21NOS. The minimum atomic E-state index is -0.0258. The lowest BCUT2D eigenvalue weighted by atomic mass is 10.1. The van der Waals surface area contributed by atoms with Crippen molar-refractivity contribution in [2.45, 2.75) is 46.1 Å². The van der Waals surface area contributed by atoms with Crippen LogP contribution >= 0.6 is 12.2 Å². The SMILES string of the molecule is CCC(OCCCC(C)C)C(N)=S. The average Bonchev–Trinajstić information content (AvgIpc) is 2.03. The summed E-state index contributed by atoms with van der Waals surface area (Å²) in [6, 6.07) is 0. The normalized spacial score (nSPS) is 13.2. The highest BCUT2D eigenvalue weighted by molar-refractivity contribution is 7.80. The fourth-order valence-corrected chi connectivity index (χ4v) is 1.35. The minimum Gasteiger partial charge on any atom is -0.391 e. The van der Waals surface area contributed by atoms with Crippen molar-refractivity contribution in [3.05, 3.63) is 0 Å². The van der Waals surface area contributed by atoms with Gasteiger partial charge in [-0.3, -0.25) is 0 Å². The summed E-state index contributed by atoms with van der Waals surface area (Å²) in [5.41, 5.74) is 5.50. The third kappa shape index (κ3) is 6.96. The smallest absolute Gasteiger partial charge is 0.107 e. The van der Waals surface area contributed by atoms with E-state index in [4.69, 9.17) is 22.7 Å². The fourth-order valence-electron chi connectivity index (χ4n) is 1.12. The highest BCUT2D eigenvalue weighted by Gasteiger charge is 2.08. The Hall–Kier alpha value is -0.150. The number of ether oxygens (including phenoxy) is 1. The standard InChI is InChI=1S/C10H21NOS/c1-4-9(10(11)13)12-7-5-6-8(2)3/h8-9H,4-7H2,1-3H3,(H2,11,13). The first-order valence-corrected chi connectivity index (χ1v) is 5.39. The van der Waals surface area contributed by atoms with Crippen LogP contribution in [0.5, 0.6) is 0 Å². The number of hydrogen-bond donors (Lipinski definition) is 1. The molecule has 0 aromatic carbocycles. The summed E-state index contributed by atoms with van der Waals surface area (Å²) in [5, 5.41) is 0. The van der Waals surface area contributed by atoms with E-state index in [9.17, 15) is 0 Å². The van der Waals surface area contributed by atoms with E-state index in [0.29, 0.717) is 4.99 Å². The quantitative estimate of drug-likeness (QED) is 0.510. The van der Waals surface area contributed by atoms with Crippen molar-refractivity contribution in [1.29, 1.82) is 0 Å². The highest BCUT2D eigenvalue weighted by atomic mass is 32.1. The predicted molar refractivity (Wildman–Crippen MR) is 60.9 cm³/mol. The monoisotopic (exact) mass is 203 g/mol. The Kier molecular flexibility index (Phi) is 7.19. The van der Waals surface area contributed by atoms with Crippen molar-refractivity contribution in [1.82, 2.24) is 0 Å². The topological polar surface area (TPSA) is 35.2 Å². The van der Waals surface area contributed by atoms with Crippen LogP contribution in [0.3, 0.4) is 0 Å². The van der Waals surface area contributed by atoms with Gasteiger partial charge in [-0.2, -0.15) is 0 Å². The van der Waals surface area contributed by atoms with Gasteiger partial charge in [0.2, 0.25) is 0 Å². The fraction of sp³-hybridized carbons (Fsp3) is 0.900. The van der Waals surface area contributed by atoms with Crippen molar-refractivity contribution in [3.8, 4) is 0 Å². The Morgan fingerprint density at radius 2 is 2.08 bits per heavy atom. The third-order valence-electron chi connectivity index (χ3n) is 1.93. The summed E-state index contributed by atoms with van der Waals surface area (Å²) < 4.78 is 5.54. The van der Waals surface area contributed by atoms with Gasteiger partial charge in [0.15, 0.2) is 0 Å². The van der Waals surface area contributed by atoms with Crippen LogP contribution in [0.15, 0.2) is 0 Å². The molecule has 0 bridgehead atoms. The van der Waals surface area contributed by atoms with E-state index in [1.54, 1.807) is 0 Å². The first-order valence-electron chi connectivity index (χ1n) is 4.98. The van der Waals surface area contributed by atoms with Crippen LogP contribution in [0.25, 0.3) is 0 Å². The lowest BCUT2D eigenvalue weighted by Gasteiger charge is -2.14. The Morgan fingerprint density at radius 1 is 1.46 bits per heavy atom. The van der Waals surface area contributed by atoms with Crippen LogP contribution in [0.4, 0.5) is 0 Å². The van der Waals surface area contributed by atoms with Crippen LogP contribution in [0.1, 0.15) is 40.0 Å². The lowest BCUT2D eigenvalue weighted by molar-refractivity contribution is 0.0911. The van der Waals surface area contributed by atoms with E-state index in [2.05, 4.69) is 13.8 Å². The number of thiocarbonyl (C=S) groups is 1. The zero-order valence-corrected chi connectivity index (χ0v) is 9.69. The zero-order chi connectivity index (χ0) is 10.3. The largest absolute Gasteiger partial charge is 0.391 e. The molecule has 0 aliphatic carbocycles. The zero-order valence-electron chi connectivity index (χ0n) is 8.88. The number of hydrogen-bond acceptors (Lipinski definition) is 2. The predicted octanol–water partition coefficient (Wildman–Crippen LogP) is 2.50. The Morgan fingerprint density at radius 3 is 2.46 bits per heavy atom. The molecule has 0 aromatic rings. The van der Waals surface area contributed by atoms with Crippen LogP contribution in [0, 0.1) is 5.92 Å². The van der Waals surface area contributed by atoms with E-state index in [0.717, 1.165) is 25.4 Å². The Bertz CT molecular complexity index is 148. The molecule has 13 heavy (non-hydrogen) atoms. The second kappa shape index (κ2) is 7.27. The lowest BCUT2D eigenvalue weighted by Crippen LogP contribution is -2.29. The average molecular weight is 203 g/mol. The maximum Gasteiger partial charge on any atom is 0.107 e. The summed E-state index contributed by atoms with van der Waals surface area (Å²) in [7, 11) is 0. The molecule has 0 aliphatic rings. The number of rotatable bonds is 7. The summed E-state index contributed by atoms with van der Waals surface area (Å²) in [4.78, 5) is 0.479. The van der Waals surface area contributed by atoms with Gasteiger partial charge >= 0.3 is 0 Å². The van der Waals surface area contributed by atoms with Crippen molar-refractivity contribution in [2.24, 2.45) is 11.7 Å². The number of nitrogens with two attached hydrogens (primary N) is 1. The maximum atomic E-state index is 5.54. The molecule has 78 valence electrons. The van der Waals surface area contributed by atoms with Gasteiger partial charge < -0.3 is 10.5 Å². The molecule has 1 unspecified atom stereocenters. The van der Waals surface area contributed by atoms with Crippen LogP contribution < -0.4 is 5.73 Å². The van der Waals surface area contributed by atoms with E-state index in [1.165, 1.54) is 6.42 Å². The first-order chi connectivity index (χ1) is 6.07. The maximum absolute atomic E-state index is 5.54. The van der Waals surface area contributed by atoms with E-state index in [-0.39, 0.29) is 6.10 Å². The minimum absolute atomic E-state index is 0.0258. The molecule has 0 saturated carbocycles. The second-order valence-corrected chi connectivity index (χ2v) is 4.18. The van der Waals surface area contributed by atoms with Gasteiger partial charge in [0.25, 0.3) is 0 Å². The molecule has 0 amide bonds. The molecule has 0 spiro atoms. The summed E-state index contributed by atoms with van der Waals surface area (Å²) in [6.07, 6.45) is 3.14. The summed E-state index contributed by atoms with van der Waals surface area (Å²) in [5.74, 6) is 0.744. The molecule has 0 heterocycles. The Labute approximate surface area is 86.8 Å². The molecule has 0 rings (SSSR count). The Balaban J connectivity index is 3.44. The van der Waals surface area contributed by atoms with Crippen LogP contribution in [-0.2, 0) is 4.74 Å². The van der Waals surface area contributed by atoms with E-state index >= 15 is 0 Å². The van der Waals surface area contributed by atoms with Gasteiger partial charge in [-0.1, -0.05) is 33.0 Å². The van der Waals surface area contributed by atoms with Gasteiger partial charge in [-0.15, -0.1) is 0 Å².